The van der Waals surface area contributed by atoms with Crippen LogP contribution in [0.1, 0.15) is 5.69 Å². The van der Waals surface area contributed by atoms with E-state index in [0.717, 1.165) is 11.3 Å². The number of carboxylic acid groups (broad SMARTS) is 1. The van der Waals surface area contributed by atoms with Gasteiger partial charge < -0.3 is 10.1 Å². The Morgan fingerprint density at radius 2 is 2.28 bits per heavy atom. The first kappa shape index (κ1) is 10.5. The number of aromatic amines is 1. The van der Waals surface area contributed by atoms with Crippen LogP contribution in [-0.2, 0) is 11.2 Å². The molecule has 0 bridgehead atoms. The van der Waals surface area contributed by atoms with Crippen molar-refractivity contribution in [2.24, 2.45) is 0 Å². The van der Waals surface area contributed by atoms with E-state index in [2.05, 4.69) is 15.1 Å². The fourth-order valence-electron chi connectivity index (χ4n) is 1.83. The molecule has 18 heavy (non-hydrogen) atoms. The minimum Gasteiger partial charge on any atom is -0.481 e. The van der Waals surface area contributed by atoms with Crippen LogP contribution in [0.4, 0.5) is 0 Å². The average molecular weight is 242 g/mol. The topological polar surface area (TPSA) is 83.3 Å². The second-order valence-corrected chi connectivity index (χ2v) is 3.91. The number of rotatable bonds is 3. The number of aromatic nitrogens is 4. The van der Waals surface area contributed by atoms with E-state index in [4.69, 9.17) is 5.11 Å². The Morgan fingerprint density at radius 1 is 1.39 bits per heavy atom. The number of nitrogens with one attached hydrogen (secondary N) is 1. The maximum atomic E-state index is 10.8. The molecule has 0 saturated heterocycles. The van der Waals surface area contributed by atoms with Gasteiger partial charge in [-0.3, -0.25) is 4.79 Å². The van der Waals surface area contributed by atoms with Crippen molar-refractivity contribution in [3.63, 3.8) is 0 Å². The number of aliphatic carboxylic acids is 1. The Bertz CT molecular complexity index is 700. The number of nitrogens with zero attached hydrogens (tertiary/aromatic N) is 3. The van der Waals surface area contributed by atoms with Crippen LogP contribution in [-0.4, -0.2) is 30.7 Å². The second-order valence-electron chi connectivity index (χ2n) is 3.91. The van der Waals surface area contributed by atoms with Gasteiger partial charge in [-0.25, -0.2) is 9.50 Å². The molecule has 90 valence electrons. The van der Waals surface area contributed by atoms with Gasteiger partial charge >= 0.3 is 5.97 Å². The molecular formula is C12H10N4O2. The predicted molar refractivity (Wildman–Crippen MR) is 64.1 cm³/mol. The highest BCUT2D eigenvalue weighted by atomic mass is 16.4. The van der Waals surface area contributed by atoms with Crippen molar-refractivity contribution in [2.75, 3.05) is 0 Å². The van der Waals surface area contributed by atoms with Gasteiger partial charge in [-0.1, -0.05) is 0 Å². The van der Waals surface area contributed by atoms with Crippen molar-refractivity contribution in [3.8, 4) is 11.3 Å². The van der Waals surface area contributed by atoms with Crippen LogP contribution in [0.3, 0.4) is 0 Å². The van der Waals surface area contributed by atoms with Gasteiger partial charge in [0.2, 0.25) is 0 Å². The fraction of sp³-hybridized carbons (Fsp3) is 0.0833. The molecule has 0 saturated carbocycles. The van der Waals surface area contributed by atoms with E-state index in [0.29, 0.717) is 11.3 Å². The Hall–Kier alpha value is -2.63. The van der Waals surface area contributed by atoms with Crippen molar-refractivity contribution < 1.29 is 9.90 Å². The zero-order valence-electron chi connectivity index (χ0n) is 9.37. The summed E-state index contributed by atoms with van der Waals surface area (Å²) in [7, 11) is 0. The van der Waals surface area contributed by atoms with E-state index in [9.17, 15) is 4.79 Å². The lowest BCUT2D eigenvalue weighted by Gasteiger charge is -2.01. The Balaban J connectivity index is 2.12. The molecule has 0 aromatic carbocycles. The van der Waals surface area contributed by atoms with Crippen molar-refractivity contribution in [2.45, 2.75) is 6.42 Å². The zero-order chi connectivity index (χ0) is 12.5. The van der Waals surface area contributed by atoms with Gasteiger partial charge in [0.15, 0.2) is 5.65 Å². The molecule has 0 aliphatic heterocycles. The SMILES string of the molecule is O=C(O)Cc1cnc2ccc(-c3cc[nH]c3)nn12. The highest BCUT2D eigenvalue weighted by molar-refractivity contribution is 5.70. The normalized spacial score (nSPS) is 10.9. The average Bonchev–Trinajstić information content (AvgIpc) is 2.98. The first-order chi connectivity index (χ1) is 8.74. The van der Waals surface area contributed by atoms with Crippen LogP contribution < -0.4 is 0 Å². The smallest absolute Gasteiger partial charge is 0.309 e. The lowest BCUT2D eigenvalue weighted by molar-refractivity contribution is -0.136. The molecular weight excluding hydrogens is 232 g/mol. The molecule has 0 atom stereocenters. The summed E-state index contributed by atoms with van der Waals surface area (Å²) in [6.07, 6.45) is 5.09. The van der Waals surface area contributed by atoms with Gasteiger partial charge in [-0.05, 0) is 18.2 Å². The van der Waals surface area contributed by atoms with E-state index in [1.165, 1.54) is 6.20 Å². The molecule has 6 nitrogen and oxygen atoms in total. The van der Waals surface area contributed by atoms with Crippen LogP contribution in [0.2, 0.25) is 0 Å². The van der Waals surface area contributed by atoms with Crippen molar-refractivity contribution in [1.29, 1.82) is 0 Å². The number of fused-ring (bicyclic) bond motifs is 1. The third kappa shape index (κ3) is 1.73. The minimum atomic E-state index is -0.898. The van der Waals surface area contributed by atoms with Crippen LogP contribution in [0.25, 0.3) is 16.9 Å². The molecule has 0 amide bonds. The molecule has 0 aliphatic carbocycles. The summed E-state index contributed by atoms with van der Waals surface area (Å²) in [4.78, 5) is 17.8. The highest BCUT2D eigenvalue weighted by Crippen LogP contribution is 2.17. The minimum absolute atomic E-state index is 0.0925. The summed E-state index contributed by atoms with van der Waals surface area (Å²) in [6, 6.07) is 5.58. The molecule has 0 fully saturated rings. The molecule has 2 N–H and O–H groups in total. The molecule has 3 aromatic heterocycles. The quantitative estimate of drug-likeness (QED) is 0.726. The van der Waals surface area contributed by atoms with Crippen molar-refractivity contribution in [1.82, 2.24) is 19.6 Å². The standard InChI is InChI=1S/C12H10N4O2/c17-12(18)5-9-7-14-11-2-1-10(15-16(9)11)8-3-4-13-6-8/h1-4,6-7,13H,5H2,(H,17,18). The van der Waals surface area contributed by atoms with E-state index in [1.54, 1.807) is 4.52 Å². The molecule has 3 aromatic rings. The largest absolute Gasteiger partial charge is 0.481 e. The number of imidazole rings is 1. The van der Waals surface area contributed by atoms with E-state index >= 15 is 0 Å². The third-order valence-corrected chi connectivity index (χ3v) is 2.66. The van der Waals surface area contributed by atoms with Gasteiger partial charge in [-0.15, -0.1) is 0 Å². The number of H-pyrrole nitrogens is 1. The van der Waals surface area contributed by atoms with Crippen molar-refractivity contribution >= 4 is 11.6 Å². The Morgan fingerprint density at radius 3 is 3.00 bits per heavy atom. The lowest BCUT2D eigenvalue weighted by Crippen LogP contribution is -2.05. The molecule has 0 radical (unpaired) electrons. The number of hydrogen-bond acceptors (Lipinski definition) is 3. The molecule has 3 rings (SSSR count). The molecule has 0 unspecified atom stereocenters. The maximum absolute atomic E-state index is 10.8. The monoisotopic (exact) mass is 242 g/mol. The number of carbonyl (C=O) groups is 1. The zero-order valence-corrected chi connectivity index (χ0v) is 9.37. The molecule has 0 spiro atoms. The number of hydrogen-bond donors (Lipinski definition) is 2. The van der Waals surface area contributed by atoms with Crippen LogP contribution in [0.5, 0.6) is 0 Å². The maximum Gasteiger partial charge on any atom is 0.309 e. The van der Waals surface area contributed by atoms with Crippen LogP contribution in [0, 0.1) is 0 Å². The summed E-state index contributed by atoms with van der Waals surface area (Å²) in [5.74, 6) is -0.898. The van der Waals surface area contributed by atoms with Crippen LogP contribution in [0.15, 0.2) is 36.8 Å². The molecule has 3 heterocycles. The van der Waals surface area contributed by atoms with E-state index in [-0.39, 0.29) is 6.42 Å². The van der Waals surface area contributed by atoms with Crippen LogP contribution >= 0.6 is 0 Å². The van der Waals surface area contributed by atoms with Gasteiger partial charge in [-0.2, -0.15) is 5.10 Å². The fourth-order valence-corrected chi connectivity index (χ4v) is 1.83. The Labute approximate surface area is 102 Å². The van der Waals surface area contributed by atoms with Crippen molar-refractivity contribution in [3.05, 3.63) is 42.5 Å². The Kier molecular flexibility index (Phi) is 2.33. The van der Waals surface area contributed by atoms with E-state index in [1.807, 2.05) is 30.6 Å². The third-order valence-electron chi connectivity index (χ3n) is 2.66. The van der Waals surface area contributed by atoms with E-state index < -0.39 is 5.97 Å². The highest BCUT2D eigenvalue weighted by Gasteiger charge is 2.09. The molecule has 0 aliphatic rings. The summed E-state index contributed by atoms with van der Waals surface area (Å²) in [5, 5.41) is 13.2. The van der Waals surface area contributed by atoms with Gasteiger partial charge in [0.05, 0.1) is 24.0 Å². The summed E-state index contributed by atoms with van der Waals surface area (Å²) >= 11 is 0. The first-order valence-electron chi connectivity index (χ1n) is 5.42. The summed E-state index contributed by atoms with van der Waals surface area (Å²) in [6.45, 7) is 0. The molecule has 6 heteroatoms. The summed E-state index contributed by atoms with van der Waals surface area (Å²) < 4.78 is 1.57. The summed E-state index contributed by atoms with van der Waals surface area (Å²) in [5.41, 5.74) is 2.93. The number of carboxylic acids is 1. The second kappa shape index (κ2) is 3.99. The van der Waals surface area contributed by atoms with Gasteiger partial charge in [0.1, 0.15) is 0 Å². The lowest BCUT2D eigenvalue weighted by atomic mass is 10.2. The van der Waals surface area contributed by atoms with Gasteiger partial charge in [0, 0.05) is 18.0 Å². The predicted octanol–water partition coefficient (Wildman–Crippen LogP) is 1.35. The first-order valence-corrected chi connectivity index (χ1v) is 5.42. The van der Waals surface area contributed by atoms with Gasteiger partial charge in [0.25, 0.3) is 0 Å².